The quantitative estimate of drug-likeness (QED) is 0.847. The fourth-order valence-electron chi connectivity index (χ4n) is 2.65. The molecule has 2 rings (SSSR count). The third kappa shape index (κ3) is 2.87. The van der Waals surface area contributed by atoms with Crippen LogP contribution in [0.25, 0.3) is 0 Å². The smallest absolute Gasteiger partial charge is 0.0665 e. The van der Waals surface area contributed by atoms with Crippen LogP contribution < -0.4 is 5.73 Å². The lowest BCUT2D eigenvalue weighted by molar-refractivity contribution is 0.484. The zero-order valence-corrected chi connectivity index (χ0v) is 11.9. The van der Waals surface area contributed by atoms with E-state index in [2.05, 4.69) is 62.4 Å². The Hall–Kier alpha value is -1.60. The van der Waals surface area contributed by atoms with Gasteiger partial charge < -0.3 is 5.73 Å². The molecule has 0 aliphatic heterocycles. The average molecular weight is 253 g/mol. The van der Waals surface area contributed by atoms with E-state index >= 15 is 0 Å². The summed E-state index contributed by atoms with van der Waals surface area (Å²) in [4.78, 5) is 0. The van der Waals surface area contributed by atoms with Gasteiger partial charge in [0.2, 0.25) is 0 Å². The van der Waals surface area contributed by atoms with Gasteiger partial charge in [0, 0.05) is 0 Å². The normalized spacial score (nSPS) is 14.1. The van der Waals surface area contributed by atoms with Crippen molar-refractivity contribution in [1.29, 1.82) is 0 Å². The first-order valence-corrected chi connectivity index (χ1v) is 7.14. The largest absolute Gasteiger partial charge is 0.318 e. The van der Waals surface area contributed by atoms with Crippen molar-refractivity contribution in [3.05, 3.63) is 71.3 Å². The first-order valence-electron chi connectivity index (χ1n) is 7.14. The van der Waals surface area contributed by atoms with E-state index in [1.165, 1.54) is 16.7 Å². The molecule has 19 heavy (non-hydrogen) atoms. The van der Waals surface area contributed by atoms with E-state index in [1.807, 2.05) is 6.07 Å². The second-order valence-electron chi connectivity index (χ2n) is 5.14. The van der Waals surface area contributed by atoms with Crippen LogP contribution in [-0.4, -0.2) is 0 Å². The summed E-state index contributed by atoms with van der Waals surface area (Å²) < 4.78 is 0. The lowest BCUT2D eigenvalue weighted by atomic mass is 9.79. The van der Waals surface area contributed by atoms with Gasteiger partial charge in [-0.15, -0.1) is 0 Å². The lowest BCUT2D eigenvalue weighted by Gasteiger charge is -2.31. The van der Waals surface area contributed by atoms with E-state index in [-0.39, 0.29) is 5.54 Å². The molecule has 0 aromatic heterocycles. The zero-order valence-electron chi connectivity index (χ0n) is 11.9. The van der Waals surface area contributed by atoms with Crippen LogP contribution in [0.5, 0.6) is 0 Å². The fraction of sp³-hybridized carbons (Fsp3) is 0.333. The standard InChI is InChI=1S/C18H23N/c1-3-13-18(19,16-10-6-5-7-11-16)17-12-8-9-15(4-2)14-17/h5-12,14H,3-4,13,19H2,1-2H3. The first kappa shape index (κ1) is 13.8. The van der Waals surface area contributed by atoms with Crippen LogP contribution in [0.15, 0.2) is 54.6 Å². The second kappa shape index (κ2) is 6.03. The Bertz CT molecular complexity index is 518. The zero-order chi connectivity index (χ0) is 13.7. The van der Waals surface area contributed by atoms with Crippen LogP contribution in [0, 0.1) is 0 Å². The van der Waals surface area contributed by atoms with E-state index in [0.29, 0.717) is 0 Å². The number of nitrogens with two attached hydrogens (primary N) is 1. The molecule has 0 saturated heterocycles. The van der Waals surface area contributed by atoms with Gasteiger partial charge in [-0.1, -0.05) is 74.9 Å². The molecule has 0 saturated carbocycles. The van der Waals surface area contributed by atoms with Gasteiger partial charge in [-0.3, -0.25) is 0 Å². The molecular formula is C18H23N. The summed E-state index contributed by atoms with van der Waals surface area (Å²) in [5.74, 6) is 0. The summed E-state index contributed by atoms with van der Waals surface area (Å²) in [5.41, 5.74) is 10.2. The highest BCUT2D eigenvalue weighted by Gasteiger charge is 2.28. The Morgan fingerprint density at radius 2 is 1.58 bits per heavy atom. The van der Waals surface area contributed by atoms with Gasteiger partial charge >= 0.3 is 0 Å². The van der Waals surface area contributed by atoms with Crippen LogP contribution in [-0.2, 0) is 12.0 Å². The van der Waals surface area contributed by atoms with Gasteiger partial charge in [0.05, 0.1) is 5.54 Å². The van der Waals surface area contributed by atoms with E-state index in [0.717, 1.165) is 19.3 Å². The lowest BCUT2D eigenvalue weighted by Crippen LogP contribution is -2.37. The minimum Gasteiger partial charge on any atom is -0.318 e. The molecular weight excluding hydrogens is 230 g/mol. The summed E-state index contributed by atoms with van der Waals surface area (Å²) in [5, 5.41) is 0. The molecule has 0 fully saturated rings. The van der Waals surface area contributed by atoms with Crippen molar-refractivity contribution in [1.82, 2.24) is 0 Å². The molecule has 2 aromatic carbocycles. The number of hydrogen-bond donors (Lipinski definition) is 1. The second-order valence-corrected chi connectivity index (χ2v) is 5.14. The molecule has 0 amide bonds. The van der Waals surface area contributed by atoms with E-state index in [9.17, 15) is 0 Å². The third-order valence-electron chi connectivity index (χ3n) is 3.78. The van der Waals surface area contributed by atoms with Crippen molar-refractivity contribution in [2.75, 3.05) is 0 Å². The first-order chi connectivity index (χ1) is 9.20. The van der Waals surface area contributed by atoms with Gasteiger partial charge in [-0.2, -0.15) is 0 Å². The van der Waals surface area contributed by atoms with Crippen molar-refractivity contribution in [3.8, 4) is 0 Å². The van der Waals surface area contributed by atoms with E-state index in [4.69, 9.17) is 5.73 Å². The Morgan fingerprint density at radius 3 is 2.21 bits per heavy atom. The maximum Gasteiger partial charge on any atom is 0.0665 e. The van der Waals surface area contributed by atoms with Crippen LogP contribution in [0.2, 0.25) is 0 Å². The highest BCUT2D eigenvalue weighted by atomic mass is 14.7. The van der Waals surface area contributed by atoms with Crippen molar-refractivity contribution >= 4 is 0 Å². The van der Waals surface area contributed by atoms with Crippen LogP contribution in [0.4, 0.5) is 0 Å². The highest BCUT2D eigenvalue weighted by molar-refractivity contribution is 5.39. The summed E-state index contributed by atoms with van der Waals surface area (Å²) >= 11 is 0. The van der Waals surface area contributed by atoms with Gasteiger partial charge in [-0.05, 0) is 29.5 Å². The molecule has 0 bridgehead atoms. The maximum atomic E-state index is 6.77. The van der Waals surface area contributed by atoms with Crippen molar-refractivity contribution < 1.29 is 0 Å². The van der Waals surface area contributed by atoms with Crippen molar-refractivity contribution in [3.63, 3.8) is 0 Å². The number of aryl methyl sites for hydroxylation is 1. The molecule has 0 heterocycles. The Balaban J connectivity index is 2.49. The topological polar surface area (TPSA) is 26.0 Å². The molecule has 0 aliphatic rings. The fourth-order valence-corrected chi connectivity index (χ4v) is 2.65. The highest BCUT2D eigenvalue weighted by Crippen LogP contribution is 2.32. The summed E-state index contributed by atoms with van der Waals surface area (Å²) in [6.07, 6.45) is 3.08. The third-order valence-corrected chi connectivity index (χ3v) is 3.78. The molecule has 0 spiro atoms. The summed E-state index contributed by atoms with van der Waals surface area (Å²) in [7, 11) is 0. The minimum absolute atomic E-state index is 0.374. The van der Waals surface area contributed by atoms with Crippen LogP contribution in [0.1, 0.15) is 43.4 Å². The van der Waals surface area contributed by atoms with Crippen LogP contribution >= 0.6 is 0 Å². The van der Waals surface area contributed by atoms with Gasteiger partial charge in [0.25, 0.3) is 0 Å². The van der Waals surface area contributed by atoms with Gasteiger partial charge in [0.15, 0.2) is 0 Å². The minimum atomic E-state index is -0.374. The van der Waals surface area contributed by atoms with Crippen LogP contribution in [0.3, 0.4) is 0 Å². The monoisotopic (exact) mass is 253 g/mol. The summed E-state index contributed by atoms with van der Waals surface area (Å²) in [6, 6.07) is 19.1. The Morgan fingerprint density at radius 1 is 0.895 bits per heavy atom. The molecule has 2 aromatic rings. The number of benzene rings is 2. The molecule has 1 heteroatoms. The number of hydrogen-bond acceptors (Lipinski definition) is 1. The maximum absolute atomic E-state index is 6.77. The molecule has 1 atom stereocenters. The SMILES string of the molecule is CCCC(N)(c1ccccc1)c1cccc(CC)c1. The molecule has 1 unspecified atom stereocenters. The molecule has 0 aliphatic carbocycles. The van der Waals surface area contributed by atoms with Gasteiger partial charge in [0.1, 0.15) is 0 Å². The number of rotatable bonds is 5. The van der Waals surface area contributed by atoms with Crippen molar-refractivity contribution in [2.45, 2.75) is 38.6 Å². The van der Waals surface area contributed by atoms with E-state index in [1.54, 1.807) is 0 Å². The predicted octanol–water partition coefficient (Wildman–Crippen LogP) is 4.25. The Kier molecular flexibility index (Phi) is 4.39. The Labute approximate surface area is 116 Å². The summed E-state index contributed by atoms with van der Waals surface area (Å²) in [6.45, 7) is 4.37. The van der Waals surface area contributed by atoms with E-state index < -0.39 is 0 Å². The molecule has 1 nitrogen and oxygen atoms in total. The molecule has 2 N–H and O–H groups in total. The predicted molar refractivity (Wildman–Crippen MR) is 82.1 cm³/mol. The van der Waals surface area contributed by atoms with Crippen molar-refractivity contribution in [2.24, 2.45) is 5.73 Å². The molecule has 100 valence electrons. The molecule has 0 radical (unpaired) electrons. The van der Waals surface area contributed by atoms with Gasteiger partial charge in [-0.25, -0.2) is 0 Å². The average Bonchev–Trinajstić information content (AvgIpc) is 2.48.